The van der Waals surface area contributed by atoms with Crippen LogP contribution in [0.1, 0.15) is 28.6 Å². The third kappa shape index (κ3) is 2.12. The Hall–Kier alpha value is -0.840. The van der Waals surface area contributed by atoms with Gasteiger partial charge >= 0.3 is 0 Å². The average molecular weight is 288 g/mol. The lowest BCUT2D eigenvalue weighted by molar-refractivity contribution is 0.459. The largest absolute Gasteiger partial charge is 0.317 e. The molecule has 2 aliphatic heterocycles. The minimum absolute atomic E-state index is 0.675. The van der Waals surface area contributed by atoms with Crippen molar-refractivity contribution in [1.29, 1.82) is 0 Å². The number of piperidine rings is 1. The molecule has 0 saturated carbocycles. The van der Waals surface area contributed by atoms with Crippen molar-refractivity contribution < 1.29 is 0 Å². The summed E-state index contributed by atoms with van der Waals surface area (Å²) < 4.78 is 0. The van der Waals surface area contributed by atoms with Crippen LogP contribution in [0.5, 0.6) is 0 Å². The Morgan fingerprint density at radius 2 is 2.00 bits per heavy atom. The van der Waals surface area contributed by atoms with E-state index in [1.807, 2.05) is 23.1 Å². The number of nitrogens with one attached hydrogen (secondary N) is 1. The molecule has 2 nitrogen and oxygen atoms in total. The lowest BCUT2D eigenvalue weighted by atomic mass is 9.99. The molecule has 0 unspecified atom stereocenters. The van der Waals surface area contributed by atoms with Crippen LogP contribution in [0, 0.1) is 0 Å². The fraction of sp³-hybridized carbons (Fsp3) is 0.400. The number of hydrogen-bond acceptors (Lipinski definition) is 4. The van der Waals surface area contributed by atoms with Crippen molar-refractivity contribution in [2.75, 3.05) is 13.1 Å². The van der Waals surface area contributed by atoms with Gasteiger partial charge in [0.15, 0.2) is 0 Å². The van der Waals surface area contributed by atoms with Crippen molar-refractivity contribution in [1.82, 2.24) is 10.3 Å². The lowest BCUT2D eigenvalue weighted by Gasteiger charge is -2.20. The highest BCUT2D eigenvalue weighted by molar-refractivity contribution is 7.98. The van der Waals surface area contributed by atoms with Gasteiger partial charge in [-0.15, -0.1) is 23.1 Å². The van der Waals surface area contributed by atoms with E-state index in [2.05, 4.69) is 29.6 Å². The number of thioether (sulfide) groups is 1. The van der Waals surface area contributed by atoms with Gasteiger partial charge < -0.3 is 5.32 Å². The Kier molecular flexibility index (Phi) is 3.10. The van der Waals surface area contributed by atoms with Crippen molar-refractivity contribution in [2.45, 2.75) is 29.4 Å². The maximum atomic E-state index is 4.99. The molecule has 19 heavy (non-hydrogen) atoms. The van der Waals surface area contributed by atoms with Crippen molar-refractivity contribution in [3.63, 3.8) is 0 Å². The van der Waals surface area contributed by atoms with Gasteiger partial charge in [0.1, 0.15) is 0 Å². The summed E-state index contributed by atoms with van der Waals surface area (Å²) in [7, 11) is 0. The highest BCUT2D eigenvalue weighted by atomic mass is 32.2. The van der Waals surface area contributed by atoms with Crippen molar-refractivity contribution >= 4 is 23.1 Å². The Morgan fingerprint density at radius 1 is 1.16 bits per heavy atom. The van der Waals surface area contributed by atoms with Crippen molar-refractivity contribution in [3.05, 3.63) is 34.2 Å². The molecule has 0 amide bonds. The zero-order valence-corrected chi connectivity index (χ0v) is 12.3. The van der Waals surface area contributed by atoms with Gasteiger partial charge in [-0.3, -0.25) is 0 Å². The van der Waals surface area contributed by atoms with Gasteiger partial charge in [0.05, 0.1) is 10.7 Å². The van der Waals surface area contributed by atoms with E-state index < -0.39 is 0 Å². The SMILES string of the molecule is c1ccc2c(c1)SCc1sc(C3CCNCC3)nc1-2. The van der Waals surface area contributed by atoms with Gasteiger partial charge in [-0.2, -0.15) is 0 Å². The van der Waals surface area contributed by atoms with Gasteiger partial charge in [-0.25, -0.2) is 4.98 Å². The number of thiazole rings is 1. The molecule has 0 radical (unpaired) electrons. The molecule has 0 spiro atoms. The van der Waals surface area contributed by atoms with Crippen LogP contribution in [0.4, 0.5) is 0 Å². The second kappa shape index (κ2) is 4.93. The number of fused-ring (bicyclic) bond motifs is 3. The Morgan fingerprint density at radius 3 is 2.89 bits per heavy atom. The Bertz CT molecular complexity index is 600. The summed E-state index contributed by atoms with van der Waals surface area (Å²) in [6.45, 7) is 2.28. The second-order valence-electron chi connectivity index (χ2n) is 5.13. The Balaban J connectivity index is 1.74. The van der Waals surface area contributed by atoms with E-state index in [0.717, 1.165) is 18.8 Å². The molecule has 1 aromatic heterocycles. The number of hydrogen-bond donors (Lipinski definition) is 1. The molecule has 2 aliphatic rings. The van der Waals surface area contributed by atoms with E-state index in [1.165, 1.54) is 38.9 Å². The summed E-state index contributed by atoms with van der Waals surface area (Å²) >= 11 is 3.90. The summed E-state index contributed by atoms with van der Waals surface area (Å²) in [5.74, 6) is 1.77. The summed E-state index contributed by atoms with van der Waals surface area (Å²) in [5, 5.41) is 4.80. The number of aromatic nitrogens is 1. The first-order valence-electron chi connectivity index (χ1n) is 6.84. The van der Waals surface area contributed by atoms with E-state index >= 15 is 0 Å². The maximum Gasteiger partial charge on any atom is 0.0967 e. The molecule has 0 bridgehead atoms. The molecule has 98 valence electrons. The zero-order chi connectivity index (χ0) is 12.7. The minimum atomic E-state index is 0.675. The molecule has 3 heterocycles. The number of nitrogens with zero attached hydrogens (tertiary/aromatic N) is 1. The Labute approximate surface area is 121 Å². The number of benzene rings is 1. The third-order valence-electron chi connectivity index (χ3n) is 3.90. The molecule has 1 N–H and O–H groups in total. The van der Waals surface area contributed by atoms with Crippen LogP contribution in [0.15, 0.2) is 29.2 Å². The molecular formula is C15H16N2S2. The fourth-order valence-corrected chi connectivity index (χ4v) is 5.23. The van der Waals surface area contributed by atoms with Crippen LogP contribution >= 0.6 is 23.1 Å². The van der Waals surface area contributed by atoms with E-state index in [9.17, 15) is 0 Å². The second-order valence-corrected chi connectivity index (χ2v) is 7.27. The predicted molar refractivity (Wildman–Crippen MR) is 82.0 cm³/mol. The highest BCUT2D eigenvalue weighted by Crippen LogP contribution is 2.45. The van der Waals surface area contributed by atoms with E-state index in [4.69, 9.17) is 4.98 Å². The molecule has 4 rings (SSSR count). The monoisotopic (exact) mass is 288 g/mol. The smallest absolute Gasteiger partial charge is 0.0967 e. The third-order valence-corrected chi connectivity index (χ3v) is 6.40. The first-order chi connectivity index (χ1) is 9.42. The molecule has 0 aliphatic carbocycles. The average Bonchev–Trinajstić information content (AvgIpc) is 2.93. The van der Waals surface area contributed by atoms with Crippen molar-refractivity contribution in [2.24, 2.45) is 0 Å². The first kappa shape index (κ1) is 11.9. The fourth-order valence-electron chi connectivity index (χ4n) is 2.85. The van der Waals surface area contributed by atoms with E-state index in [0.29, 0.717) is 5.92 Å². The topological polar surface area (TPSA) is 24.9 Å². The summed E-state index contributed by atoms with van der Waals surface area (Å²) in [5.41, 5.74) is 2.60. The predicted octanol–water partition coefficient (Wildman–Crippen LogP) is 3.88. The van der Waals surface area contributed by atoms with Crippen LogP contribution in [0.2, 0.25) is 0 Å². The van der Waals surface area contributed by atoms with Crippen LogP contribution < -0.4 is 5.32 Å². The highest BCUT2D eigenvalue weighted by Gasteiger charge is 2.25. The molecule has 4 heteroatoms. The van der Waals surface area contributed by atoms with Crippen LogP contribution in [-0.4, -0.2) is 18.1 Å². The maximum absolute atomic E-state index is 4.99. The van der Waals surface area contributed by atoms with Gasteiger partial charge in [-0.05, 0) is 32.0 Å². The molecule has 1 fully saturated rings. The van der Waals surface area contributed by atoms with Crippen LogP contribution in [0.3, 0.4) is 0 Å². The van der Waals surface area contributed by atoms with Crippen molar-refractivity contribution in [3.8, 4) is 11.3 Å². The normalized spacial score (nSPS) is 18.9. The molecule has 1 aromatic carbocycles. The summed E-state index contributed by atoms with van der Waals surface area (Å²) in [4.78, 5) is 7.85. The molecule has 2 aromatic rings. The quantitative estimate of drug-likeness (QED) is 0.862. The van der Waals surface area contributed by atoms with E-state index in [1.54, 1.807) is 0 Å². The minimum Gasteiger partial charge on any atom is -0.317 e. The van der Waals surface area contributed by atoms with Crippen LogP contribution in [0.25, 0.3) is 11.3 Å². The van der Waals surface area contributed by atoms with Crippen LogP contribution in [-0.2, 0) is 5.75 Å². The summed E-state index contributed by atoms with van der Waals surface area (Å²) in [6.07, 6.45) is 2.47. The standard InChI is InChI=1S/C15H16N2S2/c1-2-4-12-11(3-1)14-13(9-18-12)19-15(17-14)10-5-7-16-8-6-10/h1-4,10,16H,5-9H2. The zero-order valence-electron chi connectivity index (χ0n) is 10.7. The van der Waals surface area contributed by atoms with Gasteiger partial charge in [0.2, 0.25) is 0 Å². The summed E-state index contributed by atoms with van der Waals surface area (Å²) in [6, 6.07) is 8.67. The lowest BCUT2D eigenvalue weighted by Crippen LogP contribution is -2.26. The number of rotatable bonds is 1. The van der Waals surface area contributed by atoms with Gasteiger partial charge in [-0.1, -0.05) is 18.2 Å². The molecule has 0 atom stereocenters. The molecule has 1 saturated heterocycles. The molecular weight excluding hydrogens is 272 g/mol. The van der Waals surface area contributed by atoms with Gasteiger partial charge in [0.25, 0.3) is 0 Å². The van der Waals surface area contributed by atoms with E-state index in [-0.39, 0.29) is 0 Å². The first-order valence-corrected chi connectivity index (χ1v) is 8.64. The van der Waals surface area contributed by atoms with Gasteiger partial charge in [0, 0.05) is 27.0 Å².